The van der Waals surface area contributed by atoms with Gasteiger partial charge < -0.3 is 9.47 Å². The third-order valence-electron chi connectivity index (χ3n) is 4.11. The van der Waals surface area contributed by atoms with Gasteiger partial charge in [-0.3, -0.25) is 4.79 Å². The van der Waals surface area contributed by atoms with Crippen LogP contribution < -0.4 is 0 Å². The molecule has 3 heterocycles. The van der Waals surface area contributed by atoms with Gasteiger partial charge >= 0.3 is 6.18 Å². The van der Waals surface area contributed by atoms with Crippen molar-refractivity contribution in [1.82, 2.24) is 24.6 Å². The minimum Gasteiger partial charge on any atom is -0.338 e. The van der Waals surface area contributed by atoms with E-state index in [2.05, 4.69) is 15.2 Å². The Labute approximate surface area is 136 Å². The Bertz CT molecular complexity index is 728. The molecule has 1 fully saturated rings. The number of aryl methyl sites for hydroxylation is 1. The number of nitrogens with zero attached hydrogens (tertiary/aromatic N) is 5. The summed E-state index contributed by atoms with van der Waals surface area (Å²) in [5, 5.41) is 7.32. The molecule has 128 valence electrons. The molecule has 9 heteroatoms. The molecule has 0 saturated carbocycles. The molecule has 0 aliphatic carbocycles. The highest BCUT2D eigenvalue weighted by Crippen LogP contribution is 2.32. The van der Waals surface area contributed by atoms with Gasteiger partial charge in [0.2, 0.25) is 0 Å². The van der Waals surface area contributed by atoms with Crippen LogP contribution in [0.25, 0.3) is 0 Å². The summed E-state index contributed by atoms with van der Waals surface area (Å²) in [6.45, 7) is 0.900. The summed E-state index contributed by atoms with van der Waals surface area (Å²) in [5.41, 5.74) is -0.483. The number of carbonyl (C=O) groups is 1. The molecular weight excluding hydrogens is 323 g/mol. The number of alkyl halides is 3. The van der Waals surface area contributed by atoms with Crippen molar-refractivity contribution in [1.29, 1.82) is 0 Å². The first-order valence-electron chi connectivity index (χ1n) is 7.52. The topological polar surface area (TPSA) is 63.9 Å². The molecular formula is C15H16F3N5O. The van der Waals surface area contributed by atoms with Gasteiger partial charge in [-0.25, -0.2) is 4.98 Å². The lowest BCUT2D eigenvalue weighted by Crippen LogP contribution is -2.39. The lowest BCUT2D eigenvalue weighted by molar-refractivity contribution is -0.141. The Kier molecular flexibility index (Phi) is 4.25. The molecule has 2 aromatic heterocycles. The van der Waals surface area contributed by atoms with Crippen molar-refractivity contribution in [2.24, 2.45) is 7.05 Å². The largest absolute Gasteiger partial charge is 0.434 e. The number of amides is 1. The maximum absolute atomic E-state index is 12.8. The Morgan fingerprint density at radius 1 is 1.33 bits per heavy atom. The predicted molar refractivity (Wildman–Crippen MR) is 78.1 cm³/mol. The second-order valence-electron chi connectivity index (χ2n) is 5.81. The first-order valence-corrected chi connectivity index (χ1v) is 7.52. The van der Waals surface area contributed by atoms with E-state index in [4.69, 9.17) is 0 Å². The summed E-state index contributed by atoms with van der Waals surface area (Å²) in [4.78, 5) is 17.9. The van der Waals surface area contributed by atoms with Crippen LogP contribution in [0.5, 0.6) is 0 Å². The number of halogens is 3. The first-order chi connectivity index (χ1) is 11.4. The van der Waals surface area contributed by atoms with Crippen LogP contribution in [0, 0.1) is 0 Å². The van der Waals surface area contributed by atoms with E-state index in [1.54, 1.807) is 18.0 Å². The van der Waals surface area contributed by atoms with Crippen LogP contribution in [0.1, 0.15) is 40.6 Å². The highest BCUT2D eigenvalue weighted by Gasteiger charge is 2.36. The van der Waals surface area contributed by atoms with Gasteiger partial charge in [0.05, 0.1) is 18.0 Å². The average Bonchev–Trinajstić information content (AvgIpc) is 2.97. The molecule has 24 heavy (non-hydrogen) atoms. The third-order valence-corrected chi connectivity index (χ3v) is 4.11. The van der Waals surface area contributed by atoms with Crippen LogP contribution in [0.3, 0.4) is 0 Å². The van der Waals surface area contributed by atoms with Gasteiger partial charge in [0.25, 0.3) is 5.91 Å². The third kappa shape index (κ3) is 3.24. The number of hydrogen-bond donors (Lipinski definition) is 0. The summed E-state index contributed by atoms with van der Waals surface area (Å²) in [7, 11) is 1.55. The van der Waals surface area contributed by atoms with Gasteiger partial charge in [0.1, 0.15) is 5.82 Å². The normalized spacial score (nSPS) is 18.7. The summed E-state index contributed by atoms with van der Waals surface area (Å²) in [6.07, 6.45) is 0.743. The molecule has 0 bridgehead atoms. The number of aromatic nitrogens is 4. The molecule has 1 aliphatic heterocycles. The van der Waals surface area contributed by atoms with Crippen molar-refractivity contribution in [3.63, 3.8) is 0 Å². The van der Waals surface area contributed by atoms with Crippen molar-refractivity contribution in [3.05, 3.63) is 41.7 Å². The number of rotatable bonds is 2. The summed E-state index contributed by atoms with van der Waals surface area (Å²) in [5.74, 6) is -0.0638. The average molecular weight is 339 g/mol. The standard InChI is InChI=1S/C15H16F3N5O/c1-22-9-12(15(16,17)18)21-13(22)11-3-2-6-23(8-11)14(24)10-4-5-19-20-7-10/h4-5,7,9,11H,2-3,6,8H2,1H3. The van der Waals surface area contributed by atoms with Crippen molar-refractivity contribution in [3.8, 4) is 0 Å². The van der Waals surface area contributed by atoms with E-state index >= 15 is 0 Å². The van der Waals surface area contributed by atoms with Crippen molar-refractivity contribution in [2.45, 2.75) is 24.9 Å². The van der Waals surface area contributed by atoms with Crippen LogP contribution in [0.4, 0.5) is 13.2 Å². The van der Waals surface area contributed by atoms with Crippen molar-refractivity contribution >= 4 is 5.91 Å². The second-order valence-corrected chi connectivity index (χ2v) is 5.81. The van der Waals surface area contributed by atoms with Gasteiger partial charge in [-0.15, -0.1) is 0 Å². The van der Waals surface area contributed by atoms with E-state index in [-0.39, 0.29) is 11.8 Å². The minimum absolute atomic E-state index is 0.195. The van der Waals surface area contributed by atoms with Crippen LogP contribution in [-0.4, -0.2) is 43.6 Å². The molecule has 1 atom stereocenters. The lowest BCUT2D eigenvalue weighted by Gasteiger charge is -2.32. The molecule has 3 rings (SSSR count). The molecule has 6 nitrogen and oxygen atoms in total. The molecule has 0 N–H and O–H groups in total. The summed E-state index contributed by atoms with van der Waals surface area (Å²) in [6, 6.07) is 1.57. The first kappa shape index (κ1) is 16.4. The van der Waals surface area contributed by atoms with Crippen molar-refractivity contribution < 1.29 is 18.0 Å². The minimum atomic E-state index is -4.47. The molecule has 1 amide bonds. The number of piperidine rings is 1. The quantitative estimate of drug-likeness (QED) is 0.842. The van der Waals surface area contributed by atoms with Gasteiger partial charge in [0.15, 0.2) is 5.69 Å². The van der Waals surface area contributed by atoms with Gasteiger partial charge in [-0.2, -0.15) is 23.4 Å². The zero-order chi connectivity index (χ0) is 17.3. The highest BCUT2D eigenvalue weighted by molar-refractivity contribution is 5.93. The van der Waals surface area contributed by atoms with Crippen LogP contribution in [-0.2, 0) is 13.2 Å². The summed E-state index contributed by atoms with van der Waals surface area (Å²) >= 11 is 0. The monoisotopic (exact) mass is 339 g/mol. The maximum Gasteiger partial charge on any atom is 0.434 e. The van der Waals surface area contributed by atoms with Crippen LogP contribution in [0.15, 0.2) is 24.7 Å². The van der Waals surface area contributed by atoms with Gasteiger partial charge in [-0.1, -0.05) is 0 Å². The molecule has 0 radical (unpaired) electrons. The Morgan fingerprint density at radius 3 is 2.75 bits per heavy atom. The number of hydrogen-bond acceptors (Lipinski definition) is 4. The fraction of sp³-hybridized carbons (Fsp3) is 0.467. The van der Waals surface area contributed by atoms with E-state index < -0.39 is 11.9 Å². The smallest absolute Gasteiger partial charge is 0.338 e. The summed E-state index contributed by atoms with van der Waals surface area (Å²) < 4.78 is 39.9. The second kappa shape index (κ2) is 6.21. The maximum atomic E-state index is 12.8. The van der Waals surface area contributed by atoms with E-state index in [0.29, 0.717) is 37.3 Å². The number of imidazole rings is 1. The Balaban J connectivity index is 1.79. The Morgan fingerprint density at radius 2 is 2.12 bits per heavy atom. The van der Waals surface area contributed by atoms with Gasteiger partial charge in [-0.05, 0) is 18.9 Å². The predicted octanol–water partition coefficient (Wildman–Crippen LogP) is 2.25. The molecule has 0 aromatic carbocycles. The van der Waals surface area contributed by atoms with Crippen LogP contribution >= 0.6 is 0 Å². The fourth-order valence-corrected chi connectivity index (χ4v) is 2.97. The zero-order valence-electron chi connectivity index (χ0n) is 13.0. The van der Waals surface area contributed by atoms with Crippen LogP contribution in [0.2, 0.25) is 0 Å². The molecule has 1 unspecified atom stereocenters. The molecule has 0 spiro atoms. The molecule has 2 aromatic rings. The van der Waals surface area contributed by atoms with E-state index in [1.165, 1.54) is 17.0 Å². The van der Waals surface area contributed by atoms with E-state index in [9.17, 15) is 18.0 Å². The molecule has 1 saturated heterocycles. The zero-order valence-corrected chi connectivity index (χ0v) is 13.0. The highest BCUT2D eigenvalue weighted by atomic mass is 19.4. The van der Waals surface area contributed by atoms with E-state index in [0.717, 1.165) is 6.20 Å². The Hall–Kier alpha value is -2.45. The fourth-order valence-electron chi connectivity index (χ4n) is 2.97. The van der Waals surface area contributed by atoms with Crippen molar-refractivity contribution in [2.75, 3.05) is 13.1 Å². The lowest BCUT2D eigenvalue weighted by atomic mass is 9.96. The van der Waals surface area contributed by atoms with E-state index in [1.807, 2.05) is 0 Å². The number of carbonyl (C=O) groups excluding carboxylic acids is 1. The van der Waals surface area contributed by atoms with Gasteiger partial charge in [0, 0.05) is 32.3 Å². The molecule has 1 aliphatic rings. The number of likely N-dealkylation sites (tertiary alicyclic amines) is 1. The SMILES string of the molecule is Cn1cc(C(F)(F)F)nc1C1CCCN(C(=O)c2ccnnc2)C1.